The van der Waals surface area contributed by atoms with Gasteiger partial charge in [-0.25, -0.2) is 0 Å². The van der Waals surface area contributed by atoms with Crippen LogP contribution in [0.1, 0.15) is 30.9 Å². The van der Waals surface area contributed by atoms with Crippen LogP contribution >= 0.6 is 0 Å². The maximum absolute atomic E-state index is 9.35. The van der Waals surface area contributed by atoms with Gasteiger partial charge in [0, 0.05) is 0 Å². The molecule has 11 heavy (non-hydrogen) atoms. The molecule has 0 aliphatic rings. The molecule has 0 aliphatic carbocycles. The summed E-state index contributed by atoms with van der Waals surface area (Å²) in [6, 6.07) is 5.67. The van der Waals surface area contributed by atoms with E-state index in [0.717, 1.165) is 5.56 Å². The van der Waals surface area contributed by atoms with E-state index >= 15 is 0 Å². The van der Waals surface area contributed by atoms with Crippen molar-refractivity contribution in [2.45, 2.75) is 26.7 Å². The van der Waals surface area contributed by atoms with Gasteiger partial charge < -0.3 is 5.11 Å². The van der Waals surface area contributed by atoms with Crippen LogP contribution in [0, 0.1) is 6.92 Å². The summed E-state index contributed by atoms with van der Waals surface area (Å²) >= 11 is 0. The second-order valence-corrected chi connectivity index (χ2v) is 3.15. The van der Waals surface area contributed by atoms with Gasteiger partial charge in [-0.05, 0) is 30.0 Å². The van der Waals surface area contributed by atoms with Crippen LogP contribution in [0.4, 0.5) is 0 Å². The first-order valence-corrected chi connectivity index (χ1v) is 3.91. The molecule has 0 bridgehead atoms. The van der Waals surface area contributed by atoms with Crippen molar-refractivity contribution in [1.29, 1.82) is 0 Å². The fraction of sp³-hybridized carbons (Fsp3) is 0.400. The Kier molecular flexibility index (Phi) is 2.18. The second kappa shape index (κ2) is 2.95. The van der Waals surface area contributed by atoms with Crippen molar-refractivity contribution in [1.82, 2.24) is 0 Å². The van der Waals surface area contributed by atoms with E-state index < -0.39 is 0 Å². The lowest BCUT2D eigenvalue weighted by Crippen LogP contribution is -1.90. The van der Waals surface area contributed by atoms with Crippen LogP contribution in [0.2, 0.25) is 0 Å². The largest absolute Gasteiger partial charge is 0.508 e. The number of hydrogen-bond acceptors (Lipinski definition) is 1. The predicted molar refractivity (Wildman–Crippen MR) is 46.9 cm³/mol. The third-order valence-electron chi connectivity index (χ3n) is 1.97. The highest BCUT2D eigenvalue weighted by Crippen LogP contribution is 2.25. The van der Waals surface area contributed by atoms with Crippen LogP contribution < -0.4 is 0 Å². The summed E-state index contributed by atoms with van der Waals surface area (Å²) in [5, 5.41) is 9.35. The van der Waals surface area contributed by atoms with Crippen LogP contribution in [0.15, 0.2) is 18.2 Å². The van der Waals surface area contributed by atoms with Crippen molar-refractivity contribution in [2.75, 3.05) is 0 Å². The minimum Gasteiger partial charge on any atom is -0.508 e. The van der Waals surface area contributed by atoms with Crippen LogP contribution in [0.25, 0.3) is 0 Å². The normalized spacial score (nSPS) is 10.5. The van der Waals surface area contributed by atoms with Gasteiger partial charge in [-0.1, -0.05) is 26.0 Å². The number of phenolic OH excluding ortho intramolecular Hbond substituents is 1. The molecule has 0 aromatic heterocycles. The van der Waals surface area contributed by atoms with Gasteiger partial charge in [-0.3, -0.25) is 0 Å². The monoisotopic (exact) mass is 150 g/mol. The fourth-order valence-electron chi connectivity index (χ4n) is 1.27. The van der Waals surface area contributed by atoms with Gasteiger partial charge in [0.25, 0.3) is 0 Å². The van der Waals surface area contributed by atoms with Gasteiger partial charge in [0.05, 0.1) is 0 Å². The second-order valence-electron chi connectivity index (χ2n) is 3.15. The molecule has 0 heterocycles. The molecule has 0 unspecified atom stereocenters. The highest BCUT2D eigenvalue weighted by atomic mass is 16.3. The Hall–Kier alpha value is -0.980. The SMILES string of the molecule is Cc1c(O)cccc1C(C)C. The van der Waals surface area contributed by atoms with E-state index in [1.54, 1.807) is 6.07 Å². The third kappa shape index (κ3) is 1.53. The smallest absolute Gasteiger partial charge is 0.118 e. The number of benzene rings is 1. The van der Waals surface area contributed by atoms with Crippen LogP contribution in [-0.4, -0.2) is 5.11 Å². The van der Waals surface area contributed by atoms with Gasteiger partial charge in [0.2, 0.25) is 0 Å². The van der Waals surface area contributed by atoms with E-state index in [9.17, 15) is 5.11 Å². The Labute approximate surface area is 67.7 Å². The molecule has 1 rings (SSSR count). The fourth-order valence-corrected chi connectivity index (χ4v) is 1.27. The lowest BCUT2D eigenvalue weighted by atomic mass is 9.98. The Balaban J connectivity index is 3.17. The van der Waals surface area contributed by atoms with Crippen LogP contribution in [-0.2, 0) is 0 Å². The maximum atomic E-state index is 9.35. The van der Waals surface area contributed by atoms with E-state index in [0.29, 0.717) is 11.7 Å². The Morgan fingerprint density at radius 1 is 1.27 bits per heavy atom. The zero-order valence-electron chi connectivity index (χ0n) is 7.26. The molecule has 0 spiro atoms. The first kappa shape index (κ1) is 8.12. The van der Waals surface area contributed by atoms with Gasteiger partial charge in [-0.2, -0.15) is 0 Å². The molecule has 1 aromatic carbocycles. The van der Waals surface area contributed by atoms with E-state index in [2.05, 4.69) is 19.9 Å². The molecule has 0 saturated heterocycles. The van der Waals surface area contributed by atoms with Crippen molar-refractivity contribution >= 4 is 0 Å². The molecular formula is C10H14O. The summed E-state index contributed by atoms with van der Waals surface area (Å²) in [6.45, 7) is 6.20. The van der Waals surface area contributed by atoms with E-state index in [1.165, 1.54) is 5.56 Å². The first-order valence-electron chi connectivity index (χ1n) is 3.91. The van der Waals surface area contributed by atoms with Crippen molar-refractivity contribution in [3.63, 3.8) is 0 Å². The number of aromatic hydroxyl groups is 1. The van der Waals surface area contributed by atoms with Gasteiger partial charge in [0.1, 0.15) is 5.75 Å². The van der Waals surface area contributed by atoms with E-state index in [1.807, 2.05) is 13.0 Å². The lowest BCUT2D eigenvalue weighted by molar-refractivity contribution is 0.469. The Morgan fingerprint density at radius 3 is 2.36 bits per heavy atom. The molecule has 0 aliphatic heterocycles. The molecule has 60 valence electrons. The van der Waals surface area contributed by atoms with E-state index in [-0.39, 0.29) is 0 Å². The predicted octanol–water partition coefficient (Wildman–Crippen LogP) is 2.82. The van der Waals surface area contributed by atoms with Crippen molar-refractivity contribution in [3.05, 3.63) is 29.3 Å². The van der Waals surface area contributed by atoms with Crippen molar-refractivity contribution < 1.29 is 5.11 Å². The molecule has 0 radical (unpaired) electrons. The number of hydrogen-bond donors (Lipinski definition) is 1. The number of phenols is 1. The molecule has 1 nitrogen and oxygen atoms in total. The molecule has 0 atom stereocenters. The average molecular weight is 150 g/mol. The topological polar surface area (TPSA) is 20.2 Å². The summed E-state index contributed by atoms with van der Waals surface area (Å²) in [7, 11) is 0. The third-order valence-corrected chi connectivity index (χ3v) is 1.97. The minimum absolute atomic E-state index is 0.399. The summed E-state index contributed by atoms with van der Waals surface area (Å²) < 4.78 is 0. The molecular weight excluding hydrogens is 136 g/mol. The van der Waals surface area contributed by atoms with Crippen molar-refractivity contribution in [3.8, 4) is 5.75 Å². The molecule has 1 aromatic rings. The highest BCUT2D eigenvalue weighted by molar-refractivity contribution is 5.39. The quantitative estimate of drug-likeness (QED) is 0.652. The molecule has 1 N–H and O–H groups in total. The maximum Gasteiger partial charge on any atom is 0.118 e. The van der Waals surface area contributed by atoms with Gasteiger partial charge in [-0.15, -0.1) is 0 Å². The van der Waals surface area contributed by atoms with Gasteiger partial charge in [0.15, 0.2) is 0 Å². The molecule has 0 fully saturated rings. The van der Waals surface area contributed by atoms with Crippen LogP contribution in [0.3, 0.4) is 0 Å². The summed E-state index contributed by atoms with van der Waals surface area (Å²) in [6.07, 6.45) is 0. The average Bonchev–Trinajstić information content (AvgIpc) is 1.94. The zero-order valence-corrected chi connectivity index (χ0v) is 7.26. The van der Waals surface area contributed by atoms with E-state index in [4.69, 9.17) is 0 Å². The standard InChI is InChI=1S/C10H14O/c1-7(2)9-5-4-6-10(11)8(9)3/h4-7,11H,1-3H3. The number of rotatable bonds is 1. The first-order chi connectivity index (χ1) is 5.13. The summed E-state index contributed by atoms with van der Waals surface area (Å²) in [5.41, 5.74) is 2.23. The van der Waals surface area contributed by atoms with Crippen LogP contribution in [0.5, 0.6) is 5.75 Å². The lowest BCUT2D eigenvalue weighted by Gasteiger charge is -2.09. The highest BCUT2D eigenvalue weighted by Gasteiger charge is 2.04. The Bertz CT molecular complexity index is 251. The Morgan fingerprint density at radius 2 is 1.91 bits per heavy atom. The van der Waals surface area contributed by atoms with Gasteiger partial charge >= 0.3 is 0 Å². The molecule has 1 heteroatoms. The van der Waals surface area contributed by atoms with Crippen molar-refractivity contribution in [2.24, 2.45) is 0 Å². The summed E-state index contributed by atoms with van der Waals surface area (Å²) in [4.78, 5) is 0. The zero-order chi connectivity index (χ0) is 8.43. The summed E-state index contributed by atoms with van der Waals surface area (Å²) in [5.74, 6) is 0.887. The minimum atomic E-state index is 0.399. The molecule has 0 saturated carbocycles. The molecule has 0 amide bonds.